The van der Waals surface area contributed by atoms with Crippen molar-refractivity contribution in [2.45, 2.75) is 54.9 Å². The highest BCUT2D eigenvalue weighted by atomic mass is 32.2. The summed E-state index contributed by atoms with van der Waals surface area (Å²) in [4.78, 5) is 16.5. The van der Waals surface area contributed by atoms with Crippen LogP contribution in [0.15, 0.2) is 52.3 Å². The van der Waals surface area contributed by atoms with Crippen molar-refractivity contribution in [1.82, 2.24) is 9.62 Å². The first-order valence-electron chi connectivity index (χ1n) is 11.8. The van der Waals surface area contributed by atoms with Crippen LogP contribution in [0.2, 0.25) is 0 Å². The fourth-order valence-corrected chi connectivity index (χ4v) is 6.69. The first-order chi connectivity index (χ1) is 16.0. The highest BCUT2D eigenvalue weighted by Gasteiger charge is 2.31. The number of anilines is 1. The number of carbonyl (C=O) groups is 1. The van der Waals surface area contributed by atoms with E-state index in [1.807, 2.05) is 36.6 Å². The molecule has 6 nitrogen and oxygen atoms in total. The van der Waals surface area contributed by atoms with E-state index in [-0.39, 0.29) is 10.8 Å². The third-order valence-electron chi connectivity index (χ3n) is 6.46. The minimum absolute atomic E-state index is 0.260. The van der Waals surface area contributed by atoms with E-state index in [1.54, 1.807) is 28.2 Å². The van der Waals surface area contributed by atoms with Crippen LogP contribution in [0.1, 0.15) is 54.4 Å². The zero-order valence-electron chi connectivity index (χ0n) is 19.3. The van der Waals surface area contributed by atoms with Crippen LogP contribution < -0.4 is 10.2 Å². The Kier molecular flexibility index (Phi) is 7.98. The van der Waals surface area contributed by atoms with Crippen molar-refractivity contribution in [3.8, 4) is 0 Å². The number of hydrogen-bond donors (Lipinski definition) is 1. The third kappa shape index (κ3) is 5.73. The molecule has 2 aliphatic heterocycles. The fraction of sp³-hybridized carbons (Fsp3) is 0.480. The second-order valence-electron chi connectivity index (χ2n) is 8.73. The van der Waals surface area contributed by atoms with E-state index in [9.17, 15) is 13.2 Å². The van der Waals surface area contributed by atoms with Gasteiger partial charge in [-0.15, -0.1) is 11.8 Å². The fourth-order valence-electron chi connectivity index (χ4n) is 4.53. The molecule has 178 valence electrons. The van der Waals surface area contributed by atoms with E-state index in [1.165, 1.54) is 11.3 Å². The number of benzene rings is 2. The SMILES string of the molecule is CSc1ccc(CNC(=O)c2ccc(N3CCCCC3)c(S(=O)(=O)N3CCCCC3)c2)cc1. The molecular weight excluding hydrogens is 454 g/mol. The lowest BCUT2D eigenvalue weighted by Crippen LogP contribution is -2.38. The number of amides is 1. The van der Waals surface area contributed by atoms with E-state index < -0.39 is 10.0 Å². The van der Waals surface area contributed by atoms with Crippen LogP contribution >= 0.6 is 11.8 Å². The van der Waals surface area contributed by atoms with Gasteiger partial charge >= 0.3 is 0 Å². The van der Waals surface area contributed by atoms with Crippen LogP contribution in [0.25, 0.3) is 0 Å². The Bertz CT molecular complexity index is 1060. The molecule has 0 aromatic heterocycles. The predicted molar refractivity (Wildman–Crippen MR) is 135 cm³/mol. The summed E-state index contributed by atoms with van der Waals surface area (Å²) < 4.78 is 28.9. The summed E-state index contributed by atoms with van der Waals surface area (Å²) in [5.41, 5.74) is 2.11. The van der Waals surface area contributed by atoms with E-state index >= 15 is 0 Å². The lowest BCUT2D eigenvalue weighted by molar-refractivity contribution is 0.0950. The summed E-state index contributed by atoms with van der Waals surface area (Å²) in [6.07, 6.45) is 8.14. The maximum atomic E-state index is 13.6. The average Bonchev–Trinajstić information content (AvgIpc) is 2.88. The number of nitrogens with one attached hydrogen (secondary N) is 1. The van der Waals surface area contributed by atoms with Gasteiger partial charge in [-0.25, -0.2) is 8.42 Å². The molecule has 2 saturated heterocycles. The van der Waals surface area contributed by atoms with Gasteiger partial charge in [-0.2, -0.15) is 4.31 Å². The number of nitrogens with zero attached hydrogens (tertiary/aromatic N) is 2. The Hall–Kier alpha value is -2.03. The van der Waals surface area contributed by atoms with Crippen molar-refractivity contribution in [2.75, 3.05) is 37.3 Å². The van der Waals surface area contributed by atoms with Crippen LogP contribution in [0.5, 0.6) is 0 Å². The number of piperidine rings is 2. The predicted octanol–water partition coefficient (Wildman–Crippen LogP) is 4.50. The number of sulfonamides is 1. The van der Waals surface area contributed by atoms with Crippen LogP contribution in [0.3, 0.4) is 0 Å². The highest BCUT2D eigenvalue weighted by Crippen LogP contribution is 2.32. The summed E-state index contributed by atoms with van der Waals surface area (Å²) in [5, 5.41) is 2.94. The lowest BCUT2D eigenvalue weighted by Gasteiger charge is -2.33. The molecule has 0 spiro atoms. The van der Waals surface area contributed by atoms with Crippen molar-refractivity contribution in [3.05, 3.63) is 53.6 Å². The molecule has 2 aromatic rings. The summed E-state index contributed by atoms with van der Waals surface area (Å²) >= 11 is 1.68. The van der Waals surface area contributed by atoms with Gasteiger partial charge in [-0.1, -0.05) is 18.6 Å². The maximum absolute atomic E-state index is 13.6. The van der Waals surface area contributed by atoms with Gasteiger partial charge in [0.25, 0.3) is 5.91 Å². The Morgan fingerprint density at radius 2 is 1.55 bits per heavy atom. The largest absolute Gasteiger partial charge is 0.370 e. The topological polar surface area (TPSA) is 69.7 Å². The molecule has 1 amide bonds. The Morgan fingerprint density at radius 3 is 2.18 bits per heavy atom. The Labute approximate surface area is 201 Å². The van der Waals surface area contributed by atoms with Gasteiger partial charge in [0, 0.05) is 43.2 Å². The molecule has 1 N–H and O–H groups in total. The van der Waals surface area contributed by atoms with Crippen molar-refractivity contribution in [1.29, 1.82) is 0 Å². The smallest absolute Gasteiger partial charge is 0.251 e. The van der Waals surface area contributed by atoms with Gasteiger partial charge in [0.15, 0.2) is 0 Å². The molecule has 2 fully saturated rings. The van der Waals surface area contributed by atoms with E-state index in [2.05, 4.69) is 10.2 Å². The molecule has 0 saturated carbocycles. The standard InChI is InChI=1S/C25H33N3O3S2/c1-32-22-11-8-20(9-12-22)19-26-25(29)21-10-13-23(27-14-4-2-5-15-27)24(18-21)33(30,31)28-16-6-3-7-17-28/h8-13,18H,2-7,14-17,19H2,1H3,(H,26,29). The van der Waals surface area contributed by atoms with Crippen LogP contribution in [0.4, 0.5) is 5.69 Å². The van der Waals surface area contributed by atoms with Gasteiger partial charge in [-0.05, 0) is 74.3 Å². The van der Waals surface area contributed by atoms with Crippen molar-refractivity contribution in [3.63, 3.8) is 0 Å². The second-order valence-corrected chi connectivity index (χ2v) is 11.5. The number of carbonyl (C=O) groups excluding carboxylic acids is 1. The molecule has 4 rings (SSSR count). The Morgan fingerprint density at radius 1 is 0.909 bits per heavy atom. The van der Waals surface area contributed by atoms with Gasteiger partial charge in [0.2, 0.25) is 10.0 Å². The molecule has 33 heavy (non-hydrogen) atoms. The summed E-state index contributed by atoms with van der Waals surface area (Å²) in [6.45, 7) is 3.18. The van der Waals surface area contributed by atoms with Gasteiger partial charge in [-0.3, -0.25) is 4.79 Å². The molecule has 0 atom stereocenters. The second kappa shape index (κ2) is 10.9. The molecule has 0 unspecified atom stereocenters. The minimum atomic E-state index is -3.66. The summed E-state index contributed by atoms with van der Waals surface area (Å²) in [5.74, 6) is -0.260. The van der Waals surface area contributed by atoms with E-state index in [4.69, 9.17) is 0 Å². The number of rotatable bonds is 7. The highest BCUT2D eigenvalue weighted by molar-refractivity contribution is 7.98. The van der Waals surface area contributed by atoms with Crippen LogP contribution in [0, 0.1) is 0 Å². The molecule has 0 aliphatic carbocycles. The molecular formula is C25H33N3O3S2. The van der Waals surface area contributed by atoms with Crippen molar-refractivity contribution in [2.24, 2.45) is 0 Å². The van der Waals surface area contributed by atoms with Gasteiger partial charge in [0.1, 0.15) is 4.90 Å². The van der Waals surface area contributed by atoms with E-state index in [0.717, 1.165) is 56.4 Å². The summed E-state index contributed by atoms with van der Waals surface area (Å²) in [7, 11) is -3.66. The minimum Gasteiger partial charge on any atom is -0.370 e. The van der Waals surface area contributed by atoms with Gasteiger partial charge < -0.3 is 10.2 Å². The molecule has 0 radical (unpaired) electrons. The first kappa shape index (κ1) is 24.1. The van der Waals surface area contributed by atoms with Crippen molar-refractivity contribution < 1.29 is 13.2 Å². The average molecular weight is 488 g/mol. The molecule has 2 aliphatic rings. The van der Waals surface area contributed by atoms with Gasteiger partial charge in [0.05, 0.1) is 5.69 Å². The van der Waals surface area contributed by atoms with Crippen LogP contribution in [-0.2, 0) is 16.6 Å². The normalized spacial score (nSPS) is 17.7. The monoisotopic (exact) mass is 487 g/mol. The van der Waals surface area contributed by atoms with Crippen LogP contribution in [-0.4, -0.2) is 51.1 Å². The number of hydrogen-bond acceptors (Lipinski definition) is 5. The molecule has 2 heterocycles. The summed E-state index contributed by atoms with van der Waals surface area (Å²) in [6, 6.07) is 13.2. The quantitative estimate of drug-likeness (QED) is 0.582. The zero-order valence-corrected chi connectivity index (χ0v) is 20.9. The zero-order chi connectivity index (χ0) is 23.3. The first-order valence-corrected chi connectivity index (χ1v) is 14.5. The number of thioether (sulfide) groups is 1. The lowest BCUT2D eigenvalue weighted by atomic mass is 10.1. The third-order valence-corrected chi connectivity index (χ3v) is 9.14. The maximum Gasteiger partial charge on any atom is 0.251 e. The Balaban J connectivity index is 1.59. The molecule has 0 bridgehead atoms. The molecule has 2 aromatic carbocycles. The molecule has 8 heteroatoms. The van der Waals surface area contributed by atoms with Crippen molar-refractivity contribution >= 4 is 33.4 Å². The van der Waals surface area contributed by atoms with E-state index in [0.29, 0.717) is 25.2 Å².